The lowest BCUT2D eigenvalue weighted by Crippen LogP contribution is -2.42. The van der Waals surface area contributed by atoms with Gasteiger partial charge in [0.05, 0.1) is 24.1 Å². The summed E-state index contributed by atoms with van der Waals surface area (Å²) in [6, 6.07) is 1.53. The Labute approximate surface area is 97.2 Å². The molecule has 0 unspecified atom stereocenters. The molecule has 1 aliphatic rings. The number of halogens is 3. The molecule has 2 N–H and O–H groups in total. The highest BCUT2D eigenvalue weighted by Crippen LogP contribution is 2.33. The van der Waals surface area contributed by atoms with Gasteiger partial charge in [-0.25, -0.2) is 13.8 Å². The zero-order chi connectivity index (χ0) is 11.8. The lowest BCUT2D eigenvalue weighted by Gasteiger charge is -2.34. The number of alkyl halides is 2. The Bertz CT molecular complexity index is 398. The average Bonchev–Trinajstić information content (AvgIpc) is 2.20. The van der Waals surface area contributed by atoms with Crippen molar-refractivity contribution in [1.29, 1.82) is 0 Å². The average molecular weight is 248 g/mol. The summed E-state index contributed by atoms with van der Waals surface area (Å²) in [5, 5.41) is 0.262. The monoisotopic (exact) mass is 247 g/mol. The maximum atomic E-state index is 13.2. The highest BCUT2D eigenvalue weighted by atomic mass is 35.5. The summed E-state index contributed by atoms with van der Waals surface area (Å²) in [6.07, 6.45) is 1.78. The molecule has 1 aliphatic heterocycles. The summed E-state index contributed by atoms with van der Waals surface area (Å²) in [5.41, 5.74) is 6.62. The molecule has 0 saturated carbocycles. The molecule has 2 rings (SSSR count). The van der Waals surface area contributed by atoms with Crippen LogP contribution in [0.3, 0.4) is 0 Å². The van der Waals surface area contributed by atoms with E-state index in [9.17, 15) is 8.78 Å². The minimum Gasteiger partial charge on any atom is -0.396 e. The highest BCUT2D eigenvalue weighted by molar-refractivity contribution is 6.29. The summed E-state index contributed by atoms with van der Waals surface area (Å²) in [7, 11) is 0. The van der Waals surface area contributed by atoms with Gasteiger partial charge in [-0.3, -0.25) is 0 Å². The molecule has 3 nitrogen and oxygen atoms in total. The first kappa shape index (κ1) is 11.4. The fourth-order valence-electron chi connectivity index (χ4n) is 1.88. The third-order valence-corrected chi connectivity index (χ3v) is 2.82. The number of aromatic nitrogens is 1. The largest absolute Gasteiger partial charge is 0.396 e. The van der Waals surface area contributed by atoms with Gasteiger partial charge in [0.1, 0.15) is 5.15 Å². The molecule has 16 heavy (non-hydrogen) atoms. The van der Waals surface area contributed by atoms with E-state index in [1.165, 1.54) is 12.3 Å². The number of pyridine rings is 1. The van der Waals surface area contributed by atoms with Crippen LogP contribution in [0.5, 0.6) is 0 Å². The first-order valence-electron chi connectivity index (χ1n) is 5.02. The zero-order valence-electron chi connectivity index (χ0n) is 8.59. The smallest absolute Gasteiger partial charge is 0.265 e. The quantitative estimate of drug-likeness (QED) is 0.776. The van der Waals surface area contributed by atoms with Gasteiger partial charge in [-0.15, -0.1) is 0 Å². The van der Waals surface area contributed by atoms with Gasteiger partial charge in [0.15, 0.2) is 0 Å². The van der Waals surface area contributed by atoms with Crippen LogP contribution in [-0.2, 0) is 0 Å². The topological polar surface area (TPSA) is 42.1 Å². The maximum absolute atomic E-state index is 13.2. The minimum atomic E-state index is -2.65. The lowest BCUT2D eigenvalue weighted by atomic mass is 10.1. The third-order valence-electron chi connectivity index (χ3n) is 2.61. The van der Waals surface area contributed by atoms with Crippen molar-refractivity contribution in [2.75, 3.05) is 23.7 Å². The van der Waals surface area contributed by atoms with Crippen LogP contribution in [0.4, 0.5) is 20.2 Å². The molecule has 1 aromatic heterocycles. The number of nitrogens with two attached hydrogens (primary N) is 1. The van der Waals surface area contributed by atoms with E-state index < -0.39 is 5.92 Å². The van der Waals surface area contributed by atoms with Crippen LogP contribution >= 0.6 is 11.6 Å². The van der Waals surface area contributed by atoms with Crippen molar-refractivity contribution < 1.29 is 8.78 Å². The molecule has 88 valence electrons. The van der Waals surface area contributed by atoms with Gasteiger partial charge in [-0.1, -0.05) is 11.6 Å². The van der Waals surface area contributed by atoms with Crippen LogP contribution in [0.2, 0.25) is 5.15 Å². The Morgan fingerprint density at radius 2 is 2.25 bits per heavy atom. The summed E-state index contributed by atoms with van der Waals surface area (Å²) in [5.74, 6) is -2.65. The summed E-state index contributed by atoms with van der Waals surface area (Å²) in [4.78, 5) is 5.36. The van der Waals surface area contributed by atoms with E-state index in [1.807, 2.05) is 0 Å². The molecule has 0 amide bonds. The molecule has 6 heteroatoms. The molecule has 0 radical (unpaired) electrons. The molecule has 2 heterocycles. The van der Waals surface area contributed by atoms with Crippen molar-refractivity contribution in [3.63, 3.8) is 0 Å². The Morgan fingerprint density at radius 3 is 2.94 bits per heavy atom. The predicted octanol–water partition coefficient (Wildman–Crippen LogP) is 2.55. The second-order valence-electron chi connectivity index (χ2n) is 3.95. The van der Waals surface area contributed by atoms with Crippen LogP contribution in [0.1, 0.15) is 12.8 Å². The molecular weight excluding hydrogens is 236 g/mol. The van der Waals surface area contributed by atoms with Crippen LogP contribution < -0.4 is 10.6 Å². The van der Waals surface area contributed by atoms with Crippen molar-refractivity contribution in [2.24, 2.45) is 0 Å². The minimum absolute atomic E-state index is 0.0672. The van der Waals surface area contributed by atoms with Crippen LogP contribution in [0, 0.1) is 0 Å². The molecule has 1 fully saturated rings. The number of nitrogen functional groups attached to an aromatic ring is 1. The molecule has 0 atom stereocenters. The highest BCUT2D eigenvalue weighted by Gasteiger charge is 2.35. The zero-order valence-corrected chi connectivity index (χ0v) is 9.34. The molecular formula is C10H12ClF2N3. The van der Waals surface area contributed by atoms with E-state index in [-0.39, 0.29) is 18.1 Å². The van der Waals surface area contributed by atoms with Gasteiger partial charge in [0, 0.05) is 19.0 Å². The van der Waals surface area contributed by atoms with Gasteiger partial charge >= 0.3 is 0 Å². The molecule has 0 aliphatic carbocycles. The van der Waals surface area contributed by atoms with Crippen molar-refractivity contribution >= 4 is 23.0 Å². The van der Waals surface area contributed by atoms with Gasteiger partial charge in [-0.2, -0.15) is 0 Å². The number of anilines is 2. The van der Waals surface area contributed by atoms with E-state index >= 15 is 0 Å². The van der Waals surface area contributed by atoms with Crippen molar-refractivity contribution in [2.45, 2.75) is 18.8 Å². The summed E-state index contributed by atoms with van der Waals surface area (Å²) >= 11 is 5.73. The van der Waals surface area contributed by atoms with Crippen LogP contribution in [0.25, 0.3) is 0 Å². The Morgan fingerprint density at radius 1 is 1.50 bits per heavy atom. The van der Waals surface area contributed by atoms with Gasteiger partial charge in [-0.05, 0) is 6.42 Å². The van der Waals surface area contributed by atoms with Crippen LogP contribution in [0.15, 0.2) is 12.3 Å². The SMILES string of the molecule is Nc1cnc(Cl)cc1N1CCCC(F)(F)C1. The fraction of sp³-hybridized carbons (Fsp3) is 0.500. The third kappa shape index (κ3) is 2.35. The van der Waals surface area contributed by atoms with Gasteiger partial charge in [0.2, 0.25) is 0 Å². The van der Waals surface area contributed by atoms with Crippen molar-refractivity contribution in [3.05, 3.63) is 17.4 Å². The normalized spacial score (nSPS) is 19.8. The first-order valence-corrected chi connectivity index (χ1v) is 5.39. The number of rotatable bonds is 1. The second kappa shape index (κ2) is 4.05. The molecule has 0 aromatic carbocycles. The van der Waals surface area contributed by atoms with Crippen LogP contribution in [-0.4, -0.2) is 24.0 Å². The molecule has 1 aromatic rings. The Kier molecular flexibility index (Phi) is 2.88. The second-order valence-corrected chi connectivity index (χ2v) is 4.33. The molecule has 0 bridgehead atoms. The maximum Gasteiger partial charge on any atom is 0.265 e. The fourth-order valence-corrected chi connectivity index (χ4v) is 2.03. The van der Waals surface area contributed by atoms with Crippen molar-refractivity contribution in [1.82, 2.24) is 4.98 Å². The summed E-state index contributed by atoms with van der Waals surface area (Å²) in [6.45, 7) is 0.262. The van der Waals surface area contributed by atoms with E-state index in [1.54, 1.807) is 4.90 Å². The number of hydrogen-bond acceptors (Lipinski definition) is 3. The molecule has 0 spiro atoms. The lowest BCUT2D eigenvalue weighted by molar-refractivity contribution is -0.0116. The Hall–Kier alpha value is -1.10. The number of piperidine rings is 1. The van der Waals surface area contributed by atoms with E-state index in [4.69, 9.17) is 17.3 Å². The van der Waals surface area contributed by atoms with E-state index in [0.29, 0.717) is 24.3 Å². The van der Waals surface area contributed by atoms with Gasteiger partial charge in [0.25, 0.3) is 5.92 Å². The Balaban J connectivity index is 2.26. The summed E-state index contributed by atoms with van der Waals surface area (Å²) < 4.78 is 26.5. The van der Waals surface area contributed by atoms with Crippen molar-refractivity contribution in [3.8, 4) is 0 Å². The van der Waals surface area contributed by atoms with E-state index in [0.717, 1.165) is 0 Å². The van der Waals surface area contributed by atoms with E-state index in [2.05, 4.69) is 4.98 Å². The first-order chi connectivity index (χ1) is 7.48. The standard InChI is InChI=1S/C10H12ClF2N3/c11-9-4-8(7(14)5-15-9)16-3-1-2-10(12,13)6-16/h4-5H,1-3,6,14H2. The number of hydrogen-bond donors (Lipinski definition) is 1. The van der Waals surface area contributed by atoms with Gasteiger partial charge < -0.3 is 10.6 Å². The predicted molar refractivity (Wildman–Crippen MR) is 60.1 cm³/mol. The number of nitrogens with zero attached hydrogens (tertiary/aromatic N) is 2. The molecule has 1 saturated heterocycles.